The Kier molecular flexibility index (Phi) is 4.57. The highest BCUT2D eigenvalue weighted by Crippen LogP contribution is 2.38. The number of hydrogen-bond acceptors (Lipinski definition) is 5. The van der Waals surface area contributed by atoms with E-state index in [0.29, 0.717) is 22.3 Å². The number of aromatic nitrogens is 2. The predicted octanol–water partition coefficient (Wildman–Crippen LogP) is 2.51. The van der Waals surface area contributed by atoms with E-state index in [-0.39, 0.29) is 6.61 Å². The Bertz CT molecular complexity index is 632. The van der Waals surface area contributed by atoms with Crippen LogP contribution in [-0.4, -0.2) is 32.8 Å². The topological polar surface area (TPSA) is 78.3 Å². The summed E-state index contributed by atoms with van der Waals surface area (Å²) in [5, 5.41) is 23.7. The van der Waals surface area contributed by atoms with Gasteiger partial charge >= 0.3 is 0 Å². The highest BCUT2D eigenvalue weighted by Gasteiger charge is 2.27. The zero-order valence-electron chi connectivity index (χ0n) is 12.0. The molecule has 1 aliphatic carbocycles. The number of halogens is 1. The number of rotatable bonds is 6. The molecule has 1 aliphatic rings. The minimum Gasteiger partial charge on any atom is -0.394 e. The lowest BCUT2D eigenvalue weighted by atomic mass is 10.0. The lowest BCUT2D eigenvalue weighted by Crippen LogP contribution is -2.31. The number of anilines is 1. The highest BCUT2D eigenvalue weighted by molar-refractivity contribution is 6.30. The fraction of sp³-hybridized carbons (Fsp3) is 0.375. The smallest absolute Gasteiger partial charge is 0.133 e. The molecule has 0 amide bonds. The van der Waals surface area contributed by atoms with Crippen LogP contribution in [0.4, 0.5) is 5.82 Å². The Morgan fingerprint density at radius 2 is 1.95 bits per heavy atom. The molecule has 0 aliphatic heterocycles. The number of aliphatic hydroxyl groups is 2. The van der Waals surface area contributed by atoms with Crippen LogP contribution in [0.5, 0.6) is 0 Å². The molecule has 0 radical (unpaired) electrons. The third-order valence-electron chi connectivity index (χ3n) is 3.74. The maximum Gasteiger partial charge on any atom is 0.133 e. The van der Waals surface area contributed by atoms with E-state index in [0.717, 1.165) is 18.7 Å². The summed E-state index contributed by atoms with van der Waals surface area (Å²) in [4.78, 5) is 8.70. The second-order valence-corrected chi connectivity index (χ2v) is 5.94. The van der Waals surface area contributed by atoms with E-state index in [4.69, 9.17) is 11.6 Å². The first-order valence-corrected chi connectivity index (χ1v) is 7.69. The molecule has 1 fully saturated rings. The number of benzene rings is 1. The monoisotopic (exact) mass is 319 g/mol. The molecule has 0 unspecified atom stereocenters. The van der Waals surface area contributed by atoms with E-state index in [1.54, 1.807) is 36.5 Å². The molecule has 0 bridgehead atoms. The van der Waals surface area contributed by atoms with Gasteiger partial charge in [-0.3, -0.25) is 0 Å². The van der Waals surface area contributed by atoms with Crippen molar-refractivity contribution in [1.82, 2.24) is 9.97 Å². The van der Waals surface area contributed by atoms with Crippen molar-refractivity contribution in [3.05, 3.63) is 52.9 Å². The zero-order valence-corrected chi connectivity index (χ0v) is 12.7. The van der Waals surface area contributed by atoms with Gasteiger partial charge in [0.2, 0.25) is 0 Å². The molecule has 1 heterocycles. The summed E-state index contributed by atoms with van der Waals surface area (Å²) in [7, 11) is 0. The lowest BCUT2D eigenvalue weighted by Gasteiger charge is -2.23. The van der Waals surface area contributed by atoms with Crippen LogP contribution in [0.3, 0.4) is 0 Å². The van der Waals surface area contributed by atoms with Gasteiger partial charge in [0, 0.05) is 17.1 Å². The van der Waals surface area contributed by atoms with E-state index in [9.17, 15) is 10.2 Å². The summed E-state index contributed by atoms with van der Waals surface area (Å²) in [6.07, 6.45) is 3.09. The third-order valence-corrected chi connectivity index (χ3v) is 3.99. The summed E-state index contributed by atoms with van der Waals surface area (Å²) in [5.74, 6) is 1.89. The summed E-state index contributed by atoms with van der Waals surface area (Å²) in [6.45, 7) is -0.216. The first kappa shape index (κ1) is 15.2. The Labute approximate surface area is 134 Å². The van der Waals surface area contributed by atoms with Gasteiger partial charge in [-0.2, -0.15) is 0 Å². The average Bonchev–Trinajstić information content (AvgIpc) is 3.38. The highest BCUT2D eigenvalue weighted by atomic mass is 35.5. The van der Waals surface area contributed by atoms with Crippen molar-refractivity contribution in [3.8, 4) is 0 Å². The van der Waals surface area contributed by atoms with Crippen LogP contribution in [0.25, 0.3) is 0 Å². The van der Waals surface area contributed by atoms with Crippen molar-refractivity contribution in [2.75, 3.05) is 11.9 Å². The van der Waals surface area contributed by atoms with E-state index in [1.807, 2.05) is 0 Å². The Hall–Kier alpha value is -1.69. The van der Waals surface area contributed by atoms with Gasteiger partial charge in [-0.25, -0.2) is 9.97 Å². The van der Waals surface area contributed by atoms with Crippen molar-refractivity contribution in [3.63, 3.8) is 0 Å². The maximum atomic E-state index is 10.4. The molecule has 0 spiro atoms. The van der Waals surface area contributed by atoms with Crippen molar-refractivity contribution in [2.24, 2.45) is 0 Å². The van der Waals surface area contributed by atoms with Crippen LogP contribution in [0.1, 0.15) is 36.3 Å². The van der Waals surface area contributed by atoms with Crippen molar-refractivity contribution in [1.29, 1.82) is 0 Å². The van der Waals surface area contributed by atoms with Gasteiger partial charge in [0.25, 0.3) is 0 Å². The van der Waals surface area contributed by atoms with Crippen molar-refractivity contribution < 1.29 is 10.2 Å². The van der Waals surface area contributed by atoms with Crippen molar-refractivity contribution in [2.45, 2.75) is 30.9 Å². The number of aliphatic hydroxyl groups excluding tert-OH is 2. The quantitative estimate of drug-likeness (QED) is 0.762. The summed E-state index contributed by atoms with van der Waals surface area (Å²) in [6, 6.07) is 8.10. The molecular formula is C16H18ClN3O2. The second kappa shape index (κ2) is 6.60. The molecule has 6 heteroatoms. The summed E-state index contributed by atoms with van der Waals surface area (Å²) in [5.41, 5.74) is 0.687. The van der Waals surface area contributed by atoms with Crippen LogP contribution >= 0.6 is 11.6 Å². The molecular weight excluding hydrogens is 302 g/mol. The van der Waals surface area contributed by atoms with E-state index >= 15 is 0 Å². The molecule has 22 heavy (non-hydrogen) atoms. The summed E-state index contributed by atoms with van der Waals surface area (Å²) < 4.78 is 0. The summed E-state index contributed by atoms with van der Waals surface area (Å²) >= 11 is 5.85. The van der Waals surface area contributed by atoms with Gasteiger partial charge in [0.15, 0.2) is 0 Å². The Morgan fingerprint density at radius 1 is 1.23 bits per heavy atom. The molecule has 0 saturated heterocycles. The first-order valence-electron chi connectivity index (χ1n) is 7.31. The number of nitrogens with one attached hydrogen (secondary N) is 1. The Morgan fingerprint density at radius 3 is 2.59 bits per heavy atom. The molecule has 2 atom stereocenters. The normalized spacial score (nSPS) is 17.0. The average molecular weight is 320 g/mol. The molecule has 5 nitrogen and oxygen atoms in total. The van der Waals surface area contributed by atoms with E-state index in [1.165, 1.54) is 0 Å². The van der Waals surface area contributed by atoms with Crippen LogP contribution < -0.4 is 5.32 Å². The number of hydrogen-bond donors (Lipinski definition) is 3. The SMILES string of the molecule is OC[C@@H](Nc1ccnc(C2CC2)n1)[C@@H](O)c1ccc(Cl)cc1. The van der Waals surface area contributed by atoms with Gasteiger partial charge in [-0.1, -0.05) is 23.7 Å². The molecule has 1 aromatic carbocycles. The maximum absolute atomic E-state index is 10.4. The fourth-order valence-corrected chi connectivity index (χ4v) is 2.43. The predicted molar refractivity (Wildman–Crippen MR) is 84.9 cm³/mol. The lowest BCUT2D eigenvalue weighted by molar-refractivity contribution is 0.118. The minimum atomic E-state index is -0.860. The second-order valence-electron chi connectivity index (χ2n) is 5.50. The van der Waals surface area contributed by atoms with Gasteiger partial charge in [-0.05, 0) is 36.6 Å². The largest absolute Gasteiger partial charge is 0.394 e. The molecule has 1 saturated carbocycles. The zero-order chi connectivity index (χ0) is 15.5. The first-order chi connectivity index (χ1) is 10.7. The van der Waals surface area contributed by atoms with Crippen LogP contribution in [0.2, 0.25) is 5.02 Å². The van der Waals surface area contributed by atoms with Crippen LogP contribution in [-0.2, 0) is 0 Å². The fourth-order valence-electron chi connectivity index (χ4n) is 2.30. The molecule has 116 valence electrons. The van der Waals surface area contributed by atoms with Crippen LogP contribution in [0, 0.1) is 0 Å². The van der Waals surface area contributed by atoms with Gasteiger partial charge in [0.1, 0.15) is 17.7 Å². The molecule has 3 rings (SSSR count). The van der Waals surface area contributed by atoms with Gasteiger partial charge < -0.3 is 15.5 Å². The molecule has 3 N–H and O–H groups in total. The van der Waals surface area contributed by atoms with E-state index < -0.39 is 12.1 Å². The standard InChI is InChI=1S/C16H18ClN3O2/c17-12-5-3-10(4-6-12)15(22)13(9-21)19-14-7-8-18-16(20-14)11-1-2-11/h3-8,11,13,15,21-22H,1-2,9H2,(H,18,19,20)/t13-,15+/m1/s1. The van der Waals surface area contributed by atoms with E-state index in [2.05, 4.69) is 15.3 Å². The Balaban J connectivity index is 1.73. The minimum absolute atomic E-state index is 0.216. The van der Waals surface area contributed by atoms with Gasteiger partial charge in [0.05, 0.1) is 12.6 Å². The third kappa shape index (κ3) is 3.55. The number of nitrogens with zero attached hydrogens (tertiary/aromatic N) is 2. The van der Waals surface area contributed by atoms with Crippen molar-refractivity contribution >= 4 is 17.4 Å². The molecule has 2 aromatic rings. The molecule has 1 aromatic heterocycles. The van der Waals surface area contributed by atoms with Crippen LogP contribution in [0.15, 0.2) is 36.5 Å². The van der Waals surface area contributed by atoms with Gasteiger partial charge in [-0.15, -0.1) is 0 Å².